The summed E-state index contributed by atoms with van der Waals surface area (Å²) < 4.78 is 23.6. The van der Waals surface area contributed by atoms with E-state index < -0.39 is 51.0 Å². The molecule has 1 fully saturated rings. The van der Waals surface area contributed by atoms with Crippen LogP contribution in [0.2, 0.25) is 18.1 Å². The molecule has 180 valence electrons. The van der Waals surface area contributed by atoms with Gasteiger partial charge in [-0.05, 0) is 23.7 Å². The average Bonchev–Trinajstić information content (AvgIpc) is 2.70. The van der Waals surface area contributed by atoms with Crippen molar-refractivity contribution in [3.63, 3.8) is 0 Å². The summed E-state index contributed by atoms with van der Waals surface area (Å²) in [6.07, 6.45) is -4.24. The van der Waals surface area contributed by atoms with Crippen LogP contribution in [0.3, 0.4) is 0 Å². The maximum Gasteiger partial charge on any atom is 0.407 e. The Labute approximate surface area is 204 Å². The molecule has 0 bridgehead atoms. The first-order valence-electron chi connectivity index (χ1n) is 10.6. The van der Waals surface area contributed by atoms with Crippen LogP contribution in [-0.4, -0.2) is 60.6 Å². The van der Waals surface area contributed by atoms with Crippen molar-refractivity contribution in [2.75, 3.05) is 4.43 Å². The summed E-state index contributed by atoms with van der Waals surface area (Å²) >= 11 is 2.11. The van der Waals surface area contributed by atoms with Gasteiger partial charge in [0.2, 0.25) is 0 Å². The summed E-state index contributed by atoms with van der Waals surface area (Å²) in [5.74, 6) is -0.487. The molecule has 1 amide bonds. The van der Waals surface area contributed by atoms with Gasteiger partial charge in [-0.1, -0.05) is 73.7 Å². The second kappa shape index (κ2) is 11.3. The Morgan fingerprint density at radius 2 is 1.81 bits per heavy atom. The lowest BCUT2D eigenvalue weighted by Crippen LogP contribution is -2.67. The molecule has 1 aliphatic rings. The number of hydrogen-bond acceptors (Lipinski definition) is 7. The van der Waals surface area contributed by atoms with Crippen LogP contribution in [0, 0.1) is 0 Å². The molecule has 0 unspecified atom stereocenters. The zero-order valence-corrected chi connectivity index (χ0v) is 22.6. The second-order valence-corrected chi connectivity index (χ2v) is 15.0. The van der Waals surface area contributed by atoms with Crippen molar-refractivity contribution < 1.29 is 33.3 Å². The van der Waals surface area contributed by atoms with E-state index in [-0.39, 0.29) is 11.6 Å². The Hall–Kier alpha value is -1.21. The van der Waals surface area contributed by atoms with Crippen molar-refractivity contribution >= 4 is 43.0 Å². The van der Waals surface area contributed by atoms with Gasteiger partial charge in [0.1, 0.15) is 24.9 Å². The van der Waals surface area contributed by atoms with Gasteiger partial charge >= 0.3 is 12.1 Å². The minimum Gasteiger partial charge on any atom is -0.457 e. The molecular weight excluding hydrogens is 545 g/mol. The number of esters is 1. The number of carbonyl (C=O) groups is 2. The number of nitrogens with one attached hydrogen (secondary N) is 1. The number of carbonyl (C=O) groups excluding carboxylic acids is 2. The highest BCUT2D eigenvalue weighted by Crippen LogP contribution is 2.40. The Bertz CT molecular complexity index is 771. The standard InChI is InChI=1S/C22H34INO7Si/c1-14(25)29-18-16(12-23)30-20(26)17(19(18)31-32(5,6)22(2,3)4)24-21(27)28-13-15-10-8-7-9-11-15/h7-11,16-20,26H,12-13H2,1-6H3,(H,24,27)/t16-,17-,18-,19-,20+/m1/s1. The summed E-state index contributed by atoms with van der Waals surface area (Å²) in [4.78, 5) is 24.4. The number of alkyl carbamates (subject to hydrolysis) is 1. The molecule has 0 saturated carbocycles. The van der Waals surface area contributed by atoms with Gasteiger partial charge in [-0.15, -0.1) is 0 Å². The van der Waals surface area contributed by atoms with Gasteiger partial charge in [0, 0.05) is 11.4 Å². The van der Waals surface area contributed by atoms with E-state index >= 15 is 0 Å². The van der Waals surface area contributed by atoms with E-state index in [0.29, 0.717) is 4.43 Å². The molecule has 2 N–H and O–H groups in total. The Balaban J connectivity index is 2.26. The zero-order chi connectivity index (χ0) is 24.1. The van der Waals surface area contributed by atoms with Crippen LogP contribution in [0.4, 0.5) is 4.79 Å². The first kappa shape index (κ1) is 27.0. The summed E-state index contributed by atoms with van der Waals surface area (Å²) in [6.45, 7) is 11.8. The van der Waals surface area contributed by atoms with E-state index in [0.717, 1.165) is 5.56 Å². The minimum atomic E-state index is -2.37. The van der Waals surface area contributed by atoms with Crippen molar-refractivity contribution in [2.24, 2.45) is 0 Å². The third-order valence-corrected chi connectivity index (χ3v) is 11.2. The van der Waals surface area contributed by atoms with Crippen LogP contribution in [0.25, 0.3) is 0 Å². The second-order valence-electron chi connectivity index (χ2n) is 9.37. The molecular formula is C22H34INO7Si. The number of benzene rings is 1. The maximum absolute atomic E-state index is 12.6. The molecule has 0 aliphatic carbocycles. The quantitative estimate of drug-likeness (QED) is 0.220. The first-order chi connectivity index (χ1) is 14.9. The molecule has 32 heavy (non-hydrogen) atoms. The smallest absolute Gasteiger partial charge is 0.407 e. The predicted molar refractivity (Wildman–Crippen MR) is 131 cm³/mol. The molecule has 1 saturated heterocycles. The zero-order valence-electron chi connectivity index (χ0n) is 19.5. The third kappa shape index (κ3) is 7.14. The number of ether oxygens (including phenoxy) is 3. The maximum atomic E-state index is 12.6. The fraction of sp³-hybridized carbons (Fsp3) is 0.636. The number of alkyl halides is 1. The topological polar surface area (TPSA) is 103 Å². The molecule has 1 heterocycles. The Kier molecular flexibility index (Phi) is 9.53. The molecule has 10 heteroatoms. The SMILES string of the molecule is CC(=O)O[C@H]1[C@H](O[Si](C)(C)C(C)(C)C)[C@@H](NC(=O)OCc2ccccc2)[C@@H](O)O[C@@H]1CI. The van der Waals surface area contributed by atoms with Gasteiger partial charge in [0.25, 0.3) is 0 Å². The average molecular weight is 580 g/mol. The molecule has 0 radical (unpaired) electrons. The van der Waals surface area contributed by atoms with Crippen molar-refractivity contribution in [3.05, 3.63) is 35.9 Å². The van der Waals surface area contributed by atoms with Gasteiger partial charge in [-0.2, -0.15) is 0 Å². The summed E-state index contributed by atoms with van der Waals surface area (Å²) in [5.41, 5.74) is 0.833. The fourth-order valence-corrected chi connectivity index (χ4v) is 5.11. The van der Waals surface area contributed by atoms with Crippen molar-refractivity contribution in [1.82, 2.24) is 5.32 Å². The van der Waals surface area contributed by atoms with Crippen LogP contribution >= 0.6 is 22.6 Å². The molecule has 1 aromatic carbocycles. The van der Waals surface area contributed by atoms with E-state index in [1.807, 2.05) is 30.3 Å². The van der Waals surface area contributed by atoms with Crippen molar-refractivity contribution in [1.29, 1.82) is 0 Å². The van der Waals surface area contributed by atoms with Crippen LogP contribution in [0.5, 0.6) is 0 Å². The van der Waals surface area contributed by atoms with Gasteiger partial charge in [-0.25, -0.2) is 4.79 Å². The lowest BCUT2D eigenvalue weighted by atomic mass is 9.97. The molecule has 1 aromatic rings. The van der Waals surface area contributed by atoms with E-state index in [1.165, 1.54) is 6.92 Å². The van der Waals surface area contributed by atoms with Crippen molar-refractivity contribution in [3.8, 4) is 0 Å². The number of halogens is 1. The lowest BCUT2D eigenvalue weighted by Gasteiger charge is -2.48. The highest BCUT2D eigenvalue weighted by molar-refractivity contribution is 14.1. The van der Waals surface area contributed by atoms with Gasteiger partial charge in [-0.3, -0.25) is 4.79 Å². The highest BCUT2D eigenvalue weighted by atomic mass is 127. The highest BCUT2D eigenvalue weighted by Gasteiger charge is 2.52. The first-order valence-corrected chi connectivity index (χ1v) is 15.0. The van der Waals surface area contributed by atoms with Crippen LogP contribution in [-0.2, 0) is 30.0 Å². The minimum absolute atomic E-state index is 0.0772. The molecule has 1 aliphatic heterocycles. The third-order valence-electron chi connectivity index (χ3n) is 5.85. The van der Waals surface area contributed by atoms with E-state index in [9.17, 15) is 14.7 Å². The predicted octanol–water partition coefficient (Wildman–Crippen LogP) is 3.76. The monoisotopic (exact) mass is 579 g/mol. The van der Waals surface area contributed by atoms with E-state index in [4.69, 9.17) is 18.6 Å². The summed E-state index contributed by atoms with van der Waals surface area (Å²) in [7, 11) is -2.37. The summed E-state index contributed by atoms with van der Waals surface area (Å²) in [6, 6.07) is 8.30. The lowest BCUT2D eigenvalue weighted by molar-refractivity contribution is -0.243. The number of amides is 1. The summed E-state index contributed by atoms with van der Waals surface area (Å²) in [5, 5.41) is 13.3. The van der Waals surface area contributed by atoms with Crippen LogP contribution < -0.4 is 5.32 Å². The Morgan fingerprint density at radius 3 is 2.34 bits per heavy atom. The fourth-order valence-electron chi connectivity index (χ4n) is 3.09. The normalized spacial score (nSPS) is 26.3. The number of aliphatic hydroxyl groups excluding tert-OH is 1. The molecule has 0 aromatic heterocycles. The molecule has 8 nitrogen and oxygen atoms in total. The largest absolute Gasteiger partial charge is 0.457 e. The van der Waals surface area contributed by atoms with E-state index in [1.54, 1.807) is 0 Å². The number of aliphatic hydroxyl groups is 1. The molecule has 2 rings (SSSR count). The number of rotatable bonds is 7. The van der Waals surface area contributed by atoms with Crippen molar-refractivity contribution in [2.45, 2.75) is 83.1 Å². The van der Waals surface area contributed by atoms with Crippen LogP contribution in [0.1, 0.15) is 33.3 Å². The van der Waals surface area contributed by atoms with Crippen LogP contribution in [0.15, 0.2) is 30.3 Å². The molecule has 0 spiro atoms. The van der Waals surface area contributed by atoms with Gasteiger partial charge in [0.15, 0.2) is 20.7 Å². The number of hydrogen-bond donors (Lipinski definition) is 2. The van der Waals surface area contributed by atoms with E-state index in [2.05, 4.69) is 61.8 Å². The Morgan fingerprint density at radius 1 is 1.19 bits per heavy atom. The van der Waals surface area contributed by atoms with Gasteiger partial charge < -0.3 is 29.1 Å². The molecule has 5 atom stereocenters. The van der Waals surface area contributed by atoms with Gasteiger partial charge in [0.05, 0.1) is 0 Å².